The third kappa shape index (κ3) is 3.39. The quantitative estimate of drug-likeness (QED) is 0.796. The van der Waals surface area contributed by atoms with Gasteiger partial charge in [-0.2, -0.15) is 5.10 Å². The zero-order chi connectivity index (χ0) is 14.5. The molecule has 2 rings (SSSR count). The van der Waals surface area contributed by atoms with Gasteiger partial charge < -0.3 is 20.2 Å². The van der Waals surface area contributed by atoms with E-state index < -0.39 is 0 Å². The fraction of sp³-hybridized carbons (Fsp3) is 0.385. The maximum Gasteiger partial charge on any atom is 0.244 e. The summed E-state index contributed by atoms with van der Waals surface area (Å²) in [6.07, 6.45) is 1.55. The molecule has 0 aliphatic heterocycles. The molecule has 0 radical (unpaired) electrons. The maximum atomic E-state index is 12.2. The van der Waals surface area contributed by atoms with Gasteiger partial charge in [0.25, 0.3) is 0 Å². The van der Waals surface area contributed by atoms with Crippen molar-refractivity contribution >= 4 is 11.7 Å². The largest absolute Gasteiger partial charge is 0.467 e. The zero-order valence-electron chi connectivity index (χ0n) is 11.3. The Morgan fingerprint density at radius 2 is 2.40 bits per heavy atom. The van der Waals surface area contributed by atoms with Crippen molar-refractivity contribution in [3.8, 4) is 0 Å². The Hall–Kier alpha value is -2.28. The number of carbonyl (C=O) groups excluding carboxylic acids is 1. The number of furan rings is 1. The Kier molecular flexibility index (Phi) is 4.41. The van der Waals surface area contributed by atoms with Crippen molar-refractivity contribution in [1.29, 1.82) is 0 Å². The molecule has 0 unspecified atom stereocenters. The standard InChI is InChI=1S/C13H18N4O3/c1-10-7-12(14)17(15-10)9-13(19)16(4-5-18)8-11-3-2-6-20-11/h2-3,6-7,18H,4-5,8-9,14H2,1H3. The van der Waals surface area contributed by atoms with Crippen molar-refractivity contribution in [2.75, 3.05) is 18.9 Å². The van der Waals surface area contributed by atoms with E-state index in [1.54, 1.807) is 24.5 Å². The highest BCUT2D eigenvalue weighted by molar-refractivity contribution is 5.76. The van der Waals surface area contributed by atoms with E-state index in [9.17, 15) is 4.79 Å². The molecule has 0 spiro atoms. The first kappa shape index (κ1) is 14.1. The van der Waals surface area contributed by atoms with Crippen LogP contribution in [0.15, 0.2) is 28.9 Å². The molecule has 7 nitrogen and oxygen atoms in total. The lowest BCUT2D eigenvalue weighted by molar-refractivity contribution is -0.133. The molecule has 20 heavy (non-hydrogen) atoms. The number of carbonyl (C=O) groups is 1. The first-order valence-electron chi connectivity index (χ1n) is 6.31. The van der Waals surface area contributed by atoms with Crippen LogP contribution in [0.1, 0.15) is 11.5 Å². The van der Waals surface area contributed by atoms with E-state index in [0.29, 0.717) is 18.1 Å². The maximum absolute atomic E-state index is 12.2. The Labute approximate surface area is 116 Å². The van der Waals surface area contributed by atoms with Gasteiger partial charge in [0.2, 0.25) is 5.91 Å². The number of aryl methyl sites for hydroxylation is 1. The van der Waals surface area contributed by atoms with E-state index in [2.05, 4.69) is 5.10 Å². The van der Waals surface area contributed by atoms with Gasteiger partial charge in [-0.1, -0.05) is 0 Å². The zero-order valence-corrected chi connectivity index (χ0v) is 11.3. The number of hydrogen-bond acceptors (Lipinski definition) is 5. The van der Waals surface area contributed by atoms with Crippen LogP contribution in [0.2, 0.25) is 0 Å². The van der Waals surface area contributed by atoms with Crippen LogP contribution in [0.25, 0.3) is 0 Å². The van der Waals surface area contributed by atoms with Gasteiger partial charge in [-0.3, -0.25) is 4.79 Å². The van der Waals surface area contributed by atoms with Crippen molar-refractivity contribution in [3.63, 3.8) is 0 Å². The van der Waals surface area contributed by atoms with Crippen molar-refractivity contribution < 1.29 is 14.3 Å². The Bertz CT molecular complexity index is 562. The average Bonchev–Trinajstić information content (AvgIpc) is 2.99. The second kappa shape index (κ2) is 6.25. The number of hydrogen-bond donors (Lipinski definition) is 2. The average molecular weight is 278 g/mol. The SMILES string of the molecule is Cc1cc(N)n(CC(=O)N(CCO)Cc2ccco2)n1. The minimum absolute atomic E-state index is 0.0420. The number of rotatable bonds is 6. The molecule has 3 N–H and O–H groups in total. The predicted octanol–water partition coefficient (Wildman–Crippen LogP) is 0.388. The smallest absolute Gasteiger partial charge is 0.244 e. The van der Waals surface area contributed by atoms with E-state index in [1.807, 2.05) is 6.92 Å². The van der Waals surface area contributed by atoms with E-state index in [1.165, 1.54) is 9.58 Å². The van der Waals surface area contributed by atoms with E-state index in [-0.39, 0.29) is 25.6 Å². The number of anilines is 1. The number of aromatic nitrogens is 2. The van der Waals surface area contributed by atoms with Crippen LogP contribution in [-0.2, 0) is 17.9 Å². The molecular weight excluding hydrogens is 260 g/mol. The van der Waals surface area contributed by atoms with Crippen molar-refractivity contribution in [3.05, 3.63) is 35.9 Å². The summed E-state index contributed by atoms with van der Waals surface area (Å²) in [6, 6.07) is 5.24. The summed E-state index contributed by atoms with van der Waals surface area (Å²) in [5.74, 6) is 0.930. The number of nitrogens with two attached hydrogens (primary N) is 1. The van der Waals surface area contributed by atoms with E-state index >= 15 is 0 Å². The lowest BCUT2D eigenvalue weighted by Crippen LogP contribution is -2.35. The van der Waals surface area contributed by atoms with Crippen LogP contribution < -0.4 is 5.73 Å². The van der Waals surface area contributed by atoms with Gasteiger partial charge >= 0.3 is 0 Å². The molecule has 1 amide bonds. The second-order valence-corrected chi connectivity index (χ2v) is 4.49. The van der Waals surface area contributed by atoms with Gasteiger partial charge in [0.05, 0.1) is 25.1 Å². The minimum atomic E-state index is -0.176. The monoisotopic (exact) mass is 278 g/mol. The molecule has 7 heteroatoms. The summed E-state index contributed by atoms with van der Waals surface area (Å²) in [6.45, 7) is 2.29. The topological polar surface area (TPSA) is 97.5 Å². The number of amides is 1. The third-order valence-electron chi connectivity index (χ3n) is 2.87. The number of aliphatic hydroxyl groups is 1. The van der Waals surface area contributed by atoms with Gasteiger partial charge in [-0.05, 0) is 19.1 Å². The molecule has 0 aliphatic carbocycles. The summed E-state index contributed by atoms with van der Waals surface area (Å²) in [4.78, 5) is 13.8. The van der Waals surface area contributed by atoms with Crippen LogP contribution in [0.3, 0.4) is 0 Å². The van der Waals surface area contributed by atoms with Gasteiger partial charge in [-0.15, -0.1) is 0 Å². The molecular formula is C13H18N4O3. The highest BCUT2D eigenvalue weighted by Crippen LogP contribution is 2.09. The number of nitrogens with zero attached hydrogens (tertiary/aromatic N) is 3. The fourth-order valence-electron chi connectivity index (χ4n) is 1.92. The molecule has 108 valence electrons. The van der Waals surface area contributed by atoms with Gasteiger partial charge in [-0.25, -0.2) is 4.68 Å². The highest BCUT2D eigenvalue weighted by atomic mass is 16.3. The minimum Gasteiger partial charge on any atom is -0.467 e. The molecule has 0 aromatic carbocycles. The van der Waals surface area contributed by atoms with Crippen molar-refractivity contribution in [2.24, 2.45) is 0 Å². The van der Waals surface area contributed by atoms with Crippen LogP contribution in [0, 0.1) is 6.92 Å². The van der Waals surface area contributed by atoms with Gasteiger partial charge in [0, 0.05) is 12.6 Å². The Morgan fingerprint density at radius 3 is 2.95 bits per heavy atom. The highest BCUT2D eigenvalue weighted by Gasteiger charge is 2.17. The molecule has 0 saturated heterocycles. The van der Waals surface area contributed by atoms with Crippen LogP contribution >= 0.6 is 0 Å². The molecule has 2 heterocycles. The summed E-state index contributed by atoms with van der Waals surface area (Å²) in [5, 5.41) is 13.2. The molecule has 2 aromatic heterocycles. The summed E-state index contributed by atoms with van der Waals surface area (Å²) < 4.78 is 6.66. The third-order valence-corrected chi connectivity index (χ3v) is 2.87. The summed E-state index contributed by atoms with van der Waals surface area (Å²) in [7, 11) is 0. The molecule has 0 atom stereocenters. The lowest BCUT2D eigenvalue weighted by atomic mass is 10.3. The number of aliphatic hydroxyl groups excluding tert-OH is 1. The van der Waals surface area contributed by atoms with Crippen LogP contribution in [0.4, 0.5) is 5.82 Å². The van der Waals surface area contributed by atoms with Crippen molar-refractivity contribution in [2.45, 2.75) is 20.0 Å². The normalized spacial score (nSPS) is 10.7. The second-order valence-electron chi connectivity index (χ2n) is 4.49. The number of nitrogen functional groups attached to an aromatic ring is 1. The molecule has 0 aliphatic rings. The predicted molar refractivity (Wildman–Crippen MR) is 72.6 cm³/mol. The van der Waals surface area contributed by atoms with Gasteiger partial charge in [0.1, 0.15) is 18.1 Å². The lowest BCUT2D eigenvalue weighted by Gasteiger charge is -2.20. The Morgan fingerprint density at radius 1 is 1.60 bits per heavy atom. The van der Waals surface area contributed by atoms with Crippen LogP contribution in [0.5, 0.6) is 0 Å². The van der Waals surface area contributed by atoms with E-state index in [4.69, 9.17) is 15.3 Å². The van der Waals surface area contributed by atoms with E-state index in [0.717, 1.165) is 5.69 Å². The first-order valence-corrected chi connectivity index (χ1v) is 6.31. The van der Waals surface area contributed by atoms with Gasteiger partial charge in [0.15, 0.2) is 0 Å². The Balaban J connectivity index is 2.05. The molecule has 0 fully saturated rings. The molecule has 2 aromatic rings. The first-order chi connectivity index (χ1) is 9.60. The van der Waals surface area contributed by atoms with Crippen molar-refractivity contribution in [1.82, 2.24) is 14.7 Å². The summed E-state index contributed by atoms with van der Waals surface area (Å²) in [5.41, 5.74) is 6.52. The molecule has 0 bridgehead atoms. The molecule has 0 saturated carbocycles. The fourth-order valence-corrected chi connectivity index (χ4v) is 1.92. The van der Waals surface area contributed by atoms with Crippen LogP contribution in [-0.4, -0.2) is 38.8 Å². The summed E-state index contributed by atoms with van der Waals surface area (Å²) >= 11 is 0.